The lowest BCUT2D eigenvalue weighted by molar-refractivity contribution is 0.414. The SMILES string of the molecule is CCCCc1cc(C)c(N2c3ccc(C)cc3Oc3cc(-c4ccc5c(c4)C(CCCC)(CCCC)c4cc(C)c6ccccc6c4-5)ccc32)c(C)c1. The number of unbranched alkanes of at least 4 members (excludes halogenated alkanes) is 3. The van der Waals surface area contributed by atoms with E-state index in [1.165, 1.54) is 123 Å². The average Bonchev–Trinajstić information content (AvgIpc) is 3.43. The molecule has 0 saturated heterocycles. The lowest BCUT2D eigenvalue weighted by atomic mass is 9.70. The third-order valence-electron chi connectivity index (χ3n) is 12.2. The Kier molecular flexibility index (Phi) is 9.44. The zero-order chi connectivity index (χ0) is 36.9. The number of benzene rings is 6. The summed E-state index contributed by atoms with van der Waals surface area (Å²) >= 11 is 0. The molecule has 53 heavy (non-hydrogen) atoms. The van der Waals surface area contributed by atoms with Crippen LogP contribution in [0, 0.1) is 27.7 Å². The topological polar surface area (TPSA) is 12.5 Å². The van der Waals surface area contributed by atoms with Crippen LogP contribution in [0.25, 0.3) is 33.0 Å². The highest BCUT2D eigenvalue weighted by Gasteiger charge is 2.43. The Balaban J connectivity index is 1.28. The van der Waals surface area contributed by atoms with Crippen LogP contribution in [0.2, 0.25) is 0 Å². The Morgan fingerprint density at radius 3 is 1.89 bits per heavy atom. The van der Waals surface area contributed by atoms with Gasteiger partial charge in [0.2, 0.25) is 0 Å². The van der Waals surface area contributed by atoms with Crippen LogP contribution in [0.4, 0.5) is 17.1 Å². The van der Waals surface area contributed by atoms with E-state index in [1.807, 2.05) is 0 Å². The molecule has 0 saturated carbocycles. The van der Waals surface area contributed by atoms with Gasteiger partial charge in [-0.1, -0.05) is 120 Å². The van der Waals surface area contributed by atoms with Gasteiger partial charge in [-0.15, -0.1) is 0 Å². The molecule has 2 nitrogen and oxygen atoms in total. The summed E-state index contributed by atoms with van der Waals surface area (Å²) in [7, 11) is 0. The maximum atomic E-state index is 6.84. The van der Waals surface area contributed by atoms with Crippen LogP contribution in [0.5, 0.6) is 11.5 Å². The van der Waals surface area contributed by atoms with Crippen LogP contribution in [-0.4, -0.2) is 0 Å². The molecule has 2 aliphatic rings. The first-order valence-corrected chi connectivity index (χ1v) is 20.3. The Labute approximate surface area is 317 Å². The van der Waals surface area contributed by atoms with Gasteiger partial charge >= 0.3 is 0 Å². The van der Waals surface area contributed by atoms with Crippen molar-refractivity contribution in [3.8, 4) is 33.8 Å². The van der Waals surface area contributed by atoms with Crippen LogP contribution in [-0.2, 0) is 11.8 Å². The van der Waals surface area contributed by atoms with E-state index in [2.05, 4.69) is 150 Å². The zero-order valence-corrected chi connectivity index (χ0v) is 33.0. The number of rotatable bonds is 11. The Morgan fingerprint density at radius 1 is 0.566 bits per heavy atom. The highest BCUT2D eigenvalue weighted by atomic mass is 16.5. The molecule has 0 unspecified atom stereocenters. The van der Waals surface area contributed by atoms with Crippen LogP contribution < -0.4 is 9.64 Å². The van der Waals surface area contributed by atoms with Crippen molar-refractivity contribution in [3.63, 3.8) is 0 Å². The van der Waals surface area contributed by atoms with Gasteiger partial charge in [-0.2, -0.15) is 0 Å². The van der Waals surface area contributed by atoms with E-state index in [0.29, 0.717) is 0 Å². The molecule has 8 rings (SSSR count). The Bertz CT molecular complexity index is 2310. The van der Waals surface area contributed by atoms with Gasteiger partial charge in [0.15, 0.2) is 11.5 Å². The van der Waals surface area contributed by atoms with Crippen molar-refractivity contribution < 1.29 is 4.74 Å². The molecule has 0 radical (unpaired) electrons. The van der Waals surface area contributed by atoms with Gasteiger partial charge in [-0.3, -0.25) is 0 Å². The lowest BCUT2D eigenvalue weighted by Gasteiger charge is -2.35. The van der Waals surface area contributed by atoms with Crippen molar-refractivity contribution in [1.82, 2.24) is 0 Å². The van der Waals surface area contributed by atoms with Gasteiger partial charge in [-0.25, -0.2) is 0 Å². The van der Waals surface area contributed by atoms with Crippen LogP contribution in [0.1, 0.15) is 111 Å². The fourth-order valence-electron chi connectivity index (χ4n) is 9.59. The van der Waals surface area contributed by atoms with E-state index < -0.39 is 0 Å². The first-order valence-electron chi connectivity index (χ1n) is 20.3. The van der Waals surface area contributed by atoms with Crippen molar-refractivity contribution in [3.05, 3.63) is 136 Å². The Hall–Kier alpha value is -4.82. The molecule has 2 heteroatoms. The predicted molar refractivity (Wildman–Crippen MR) is 227 cm³/mol. The van der Waals surface area contributed by atoms with E-state index in [0.717, 1.165) is 29.3 Å². The number of ether oxygens (including phenoxy) is 1. The molecule has 0 aromatic heterocycles. The number of anilines is 3. The molecular formula is C51H55NO. The molecule has 0 atom stereocenters. The monoisotopic (exact) mass is 697 g/mol. The average molecular weight is 698 g/mol. The summed E-state index contributed by atoms with van der Waals surface area (Å²) in [5.41, 5.74) is 18.5. The molecule has 1 aliphatic heterocycles. The fraction of sp³-hybridized carbons (Fsp3) is 0.333. The van der Waals surface area contributed by atoms with E-state index in [4.69, 9.17) is 4.74 Å². The van der Waals surface area contributed by atoms with E-state index >= 15 is 0 Å². The summed E-state index contributed by atoms with van der Waals surface area (Å²) in [6.45, 7) is 15.9. The molecule has 270 valence electrons. The third-order valence-corrected chi connectivity index (χ3v) is 12.2. The molecule has 1 heterocycles. The highest BCUT2D eigenvalue weighted by molar-refractivity contribution is 6.04. The van der Waals surface area contributed by atoms with Gasteiger partial charge < -0.3 is 9.64 Å². The number of fused-ring (bicyclic) bond motifs is 7. The number of hydrogen-bond donors (Lipinski definition) is 0. The summed E-state index contributed by atoms with van der Waals surface area (Å²) in [4.78, 5) is 2.44. The van der Waals surface area contributed by atoms with E-state index in [9.17, 15) is 0 Å². The van der Waals surface area contributed by atoms with Crippen molar-refractivity contribution in [2.75, 3.05) is 4.90 Å². The van der Waals surface area contributed by atoms with Crippen molar-refractivity contribution in [2.45, 2.75) is 112 Å². The minimum absolute atomic E-state index is 0.0117. The van der Waals surface area contributed by atoms with Crippen molar-refractivity contribution in [2.24, 2.45) is 0 Å². The minimum Gasteiger partial charge on any atom is -0.453 e. The zero-order valence-electron chi connectivity index (χ0n) is 33.0. The molecule has 6 aromatic carbocycles. The van der Waals surface area contributed by atoms with Gasteiger partial charge in [0.25, 0.3) is 0 Å². The molecule has 0 amide bonds. The first kappa shape index (κ1) is 35.2. The third kappa shape index (κ3) is 5.95. The summed E-state index contributed by atoms with van der Waals surface area (Å²) in [5.74, 6) is 1.82. The normalized spacial score (nSPS) is 13.8. The summed E-state index contributed by atoms with van der Waals surface area (Å²) in [6.07, 6.45) is 10.7. The number of aryl methyl sites for hydroxylation is 5. The first-order chi connectivity index (χ1) is 25.8. The van der Waals surface area contributed by atoms with Gasteiger partial charge in [0, 0.05) is 5.41 Å². The van der Waals surface area contributed by atoms with E-state index in [-0.39, 0.29) is 5.41 Å². The molecule has 0 fully saturated rings. The lowest BCUT2D eigenvalue weighted by Crippen LogP contribution is -2.25. The second-order valence-electron chi connectivity index (χ2n) is 16.0. The molecule has 1 aliphatic carbocycles. The summed E-state index contributed by atoms with van der Waals surface area (Å²) in [5, 5.41) is 2.77. The standard InChI is InChI=1S/C51H55NO/c1-8-11-16-37-28-35(6)50(36(7)29-37)52-45-23-19-33(4)27-47(45)53-48-32-39(21-24-46(48)52)38-20-22-42-43(31-38)51(25-12-9-2,26-13-10-3)44-30-34(5)40-17-14-15-18-41(40)49(42)44/h14-15,17-24,27-32H,8-13,16,25-26H2,1-7H3. The minimum atomic E-state index is 0.0117. The second kappa shape index (κ2) is 14.2. The maximum Gasteiger partial charge on any atom is 0.152 e. The van der Waals surface area contributed by atoms with Crippen LogP contribution in [0.3, 0.4) is 0 Å². The van der Waals surface area contributed by atoms with Crippen molar-refractivity contribution in [1.29, 1.82) is 0 Å². The van der Waals surface area contributed by atoms with Crippen molar-refractivity contribution >= 4 is 27.8 Å². The van der Waals surface area contributed by atoms with Gasteiger partial charge in [-0.05, 0) is 156 Å². The summed E-state index contributed by atoms with van der Waals surface area (Å²) in [6, 6.07) is 37.2. The predicted octanol–water partition coefficient (Wildman–Crippen LogP) is 15.3. The maximum absolute atomic E-state index is 6.84. The molecule has 0 N–H and O–H groups in total. The largest absolute Gasteiger partial charge is 0.453 e. The van der Waals surface area contributed by atoms with Crippen LogP contribution >= 0.6 is 0 Å². The summed E-state index contributed by atoms with van der Waals surface area (Å²) < 4.78 is 6.84. The number of hydrogen-bond acceptors (Lipinski definition) is 2. The highest BCUT2D eigenvalue weighted by Crippen LogP contribution is 2.58. The molecule has 0 spiro atoms. The smallest absolute Gasteiger partial charge is 0.152 e. The Morgan fingerprint density at radius 2 is 1.19 bits per heavy atom. The second-order valence-corrected chi connectivity index (χ2v) is 16.0. The quantitative estimate of drug-likeness (QED) is 0.133. The number of nitrogens with zero attached hydrogens (tertiary/aromatic N) is 1. The van der Waals surface area contributed by atoms with Gasteiger partial charge in [0.1, 0.15) is 0 Å². The molecule has 6 aromatic rings. The van der Waals surface area contributed by atoms with Crippen LogP contribution in [0.15, 0.2) is 97.1 Å². The van der Waals surface area contributed by atoms with Gasteiger partial charge in [0.05, 0.1) is 17.1 Å². The van der Waals surface area contributed by atoms with E-state index in [1.54, 1.807) is 5.56 Å². The fourth-order valence-corrected chi connectivity index (χ4v) is 9.59. The molecule has 0 bridgehead atoms. The molecular weight excluding hydrogens is 643 g/mol.